The second kappa shape index (κ2) is 6.72. The molecule has 0 N–H and O–H groups in total. The van der Waals surface area contributed by atoms with Crippen molar-refractivity contribution in [3.8, 4) is 0 Å². The van der Waals surface area contributed by atoms with Gasteiger partial charge in [0.25, 0.3) is 0 Å². The second-order valence-electron chi connectivity index (χ2n) is 5.59. The second-order valence-corrected chi connectivity index (χ2v) is 6.39. The quantitative estimate of drug-likeness (QED) is 0.743. The molecule has 0 aliphatic carbocycles. The largest absolute Gasteiger partial charge is 0.296 e. The average Bonchev–Trinajstić information content (AvgIpc) is 2.30. The molecule has 0 bridgehead atoms. The fourth-order valence-electron chi connectivity index (χ4n) is 3.12. The Morgan fingerprint density at radius 3 is 2.56 bits per heavy atom. The molecule has 1 nitrogen and oxygen atoms in total. The Labute approximate surface area is 120 Å². The van der Waals surface area contributed by atoms with Gasteiger partial charge in [0.05, 0.1) is 0 Å². The Hall–Kier alpha value is -0.340. The maximum atomic E-state index is 3.59. The van der Waals surface area contributed by atoms with E-state index in [1.165, 1.54) is 48.9 Å². The monoisotopic (exact) mass is 309 g/mol. The van der Waals surface area contributed by atoms with Gasteiger partial charge in [0, 0.05) is 17.9 Å². The molecule has 1 saturated heterocycles. The minimum atomic E-state index is 0.777. The van der Waals surface area contributed by atoms with E-state index in [0.717, 1.165) is 17.9 Å². The van der Waals surface area contributed by atoms with Crippen LogP contribution in [0.5, 0.6) is 0 Å². The summed E-state index contributed by atoms with van der Waals surface area (Å²) in [5.41, 5.74) is 4.26. The van der Waals surface area contributed by atoms with Crippen LogP contribution in [0.4, 0.5) is 0 Å². The van der Waals surface area contributed by atoms with Crippen molar-refractivity contribution in [3.63, 3.8) is 0 Å². The maximum absolute atomic E-state index is 3.59. The van der Waals surface area contributed by atoms with E-state index in [2.05, 4.69) is 52.9 Å². The predicted octanol–water partition coefficient (Wildman–Crippen LogP) is 4.44. The summed E-state index contributed by atoms with van der Waals surface area (Å²) < 4.78 is 0. The zero-order valence-electron chi connectivity index (χ0n) is 11.6. The molecule has 1 unspecified atom stereocenters. The van der Waals surface area contributed by atoms with Crippen molar-refractivity contribution in [1.29, 1.82) is 0 Å². The Bertz CT molecular complexity index is 366. The van der Waals surface area contributed by atoms with E-state index in [1.54, 1.807) is 0 Å². The van der Waals surface area contributed by atoms with E-state index in [-0.39, 0.29) is 0 Å². The van der Waals surface area contributed by atoms with Gasteiger partial charge in [0.15, 0.2) is 0 Å². The van der Waals surface area contributed by atoms with Crippen molar-refractivity contribution >= 4 is 15.9 Å². The van der Waals surface area contributed by atoms with E-state index in [9.17, 15) is 0 Å². The number of likely N-dealkylation sites (tertiary alicyclic amines) is 1. The summed E-state index contributed by atoms with van der Waals surface area (Å²) in [6.45, 7) is 6.79. The zero-order chi connectivity index (χ0) is 13.0. The average molecular weight is 310 g/mol. The molecule has 1 atom stereocenters. The summed E-state index contributed by atoms with van der Waals surface area (Å²) in [4.78, 5) is 2.68. The number of halogens is 1. The topological polar surface area (TPSA) is 3.24 Å². The summed E-state index contributed by atoms with van der Waals surface area (Å²) in [6, 6.07) is 7.72. The van der Waals surface area contributed by atoms with Crippen LogP contribution in [0.15, 0.2) is 18.2 Å². The first-order chi connectivity index (χ1) is 8.69. The summed E-state index contributed by atoms with van der Waals surface area (Å²) in [6.07, 6.45) is 5.42. The molecule has 1 aliphatic heterocycles. The number of hydrogen-bond acceptors (Lipinski definition) is 1. The zero-order valence-corrected chi connectivity index (χ0v) is 13.2. The van der Waals surface area contributed by atoms with Crippen molar-refractivity contribution in [2.24, 2.45) is 0 Å². The summed E-state index contributed by atoms with van der Waals surface area (Å²) in [5.74, 6) is 0. The Kier molecular flexibility index (Phi) is 5.25. The number of aryl methyl sites for hydroxylation is 2. The molecular weight excluding hydrogens is 286 g/mol. The third-order valence-electron chi connectivity index (χ3n) is 3.86. The first-order valence-corrected chi connectivity index (χ1v) is 8.18. The molecule has 1 aliphatic rings. The third kappa shape index (κ3) is 3.83. The smallest absolute Gasteiger partial charge is 0.0236 e. The van der Waals surface area contributed by atoms with Crippen LogP contribution in [0.3, 0.4) is 0 Å². The molecule has 0 amide bonds. The van der Waals surface area contributed by atoms with Gasteiger partial charge in [-0.25, -0.2) is 0 Å². The van der Waals surface area contributed by atoms with Gasteiger partial charge in [-0.05, 0) is 45.2 Å². The molecule has 1 heterocycles. The van der Waals surface area contributed by atoms with Crippen LogP contribution in [0.1, 0.15) is 42.4 Å². The summed E-state index contributed by atoms with van der Waals surface area (Å²) in [7, 11) is 0. The number of benzene rings is 1. The van der Waals surface area contributed by atoms with Gasteiger partial charge >= 0.3 is 0 Å². The molecular formula is C16H24BrN. The molecule has 1 aromatic carbocycles. The van der Waals surface area contributed by atoms with E-state index in [4.69, 9.17) is 0 Å². The highest BCUT2D eigenvalue weighted by Gasteiger charge is 2.21. The highest BCUT2D eigenvalue weighted by atomic mass is 79.9. The van der Waals surface area contributed by atoms with Crippen LogP contribution in [-0.4, -0.2) is 22.8 Å². The lowest BCUT2D eigenvalue weighted by Gasteiger charge is -2.35. The lowest BCUT2D eigenvalue weighted by molar-refractivity contribution is 0.137. The van der Waals surface area contributed by atoms with E-state index >= 15 is 0 Å². The van der Waals surface area contributed by atoms with Crippen LogP contribution in [-0.2, 0) is 6.54 Å². The van der Waals surface area contributed by atoms with Gasteiger partial charge in [0.2, 0.25) is 0 Å². The molecule has 100 valence electrons. The Morgan fingerprint density at radius 1 is 1.17 bits per heavy atom. The van der Waals surface area contributed by atoms with Crippen molar-refractivity contribution in [2.75, 3.05) is 11.9 Å². The fraction of sp³-hybridized carbons (Fsp3) is 0.625. The van der Waals surface area contributed by atoms with Gasteiger partial charge in [-0.15, -0.1) is 0 Å². The number of alkyl halides is 1. The van der Waals surface area contributed by atoms with Gasteiger partial charge in [0.1, 0.15) is 0 Å². The lowest BCUT2D eigenvalue weighted by atomic mass is 9.98. The van der Waals surface area contributed by atoms with Gasteiger partial charge in [-0.1, -0.05) is 51.7 Å². The Balaban J connectivity index is 2.05. The van der Waals surface area contributed by atoms with Gasteiger partial charge < -0.3 is 0 Å². The molecule has 0 saturated carbocycles. The first-order valence-electron chi connectivity index (χ1n) is 7.06. The van der Waals surface area contributed by atoms with E-state index < -0.39 is 0 Å². The molecule has 1 fully saturated rings. The number of rotatable bonds is 4. The van der Waals surface area contributed by atoms with E-state index in [0.29, 0.717) is 0 Å². The number of piperidine rings is 1. The first kappa shape index (κ1) is 14.1. The minimum Gasteiger partial charge on any atom is -0.296 e. The SMILES string of the molecule is Cc1cc(C)cc(CN2CCCCC2CCBr)c1. The molecule has 1 aromatic rings. The highest BCUT2D eigenvalue weighted by Crippen LogP contribution is 2.23. The summed E-state index contributed by atoms with van der Waals surface area (Å²) in [5, 5.41) is 1.13. The molecule has 2 heteroatoms. The van der Waals surface area contributed by atoms with Crippen molar-refractivity contribution in [2.45, 2.75) is 52.1 Å². The lowest BCUT2D eigenvalue weighted by Crippen LogP contribution is -2.39. The van der Waals surface area contributed by atoms with E-state index in [1.807, 2.05) is 0 Å². The molecule has 2 rings (SSSR count). The number of nitrogens with zero attached hydrogens (tertiary/aromatic N) is 1. The van der Waals surface area contributed by atoms with Gasteiger partial charge in [-0.2, -0.15) is 0 Å². The van der Waals surface area contributed by atoms with Crippen molar-refractivity contribution < 1.29 is 0 Å². The third-order valence-corrected chi connectivity index (χ3v) is 4.32. The minimum absolute atomic E-state index is 0.777. The molecule has 18 heavy (non-hydrogen) atoms. The van der Waals surface area contributed by atoms with Gasteiger partial charge in [-0.3, -0.25) is 4.90 Å². The normalized spacial score (nSPS) is 21.2. The Morgan fingerprint density at radius 2 is 1.89 bits per heavy atom. The molecule has 0 radical (unpaired) electrons. The maximum Gasteiger partial charge on any atom is 0.0236 e. The standard InChI is InChI=1S/C16H24BrN/c1-13-9-14(2)11-15(10-13)12-18-8-4-3-5-16(18)6-7-17/h9-11,16H,3-8,12H2,1-2H3. The van der Waals surface area contributed by atoms with Crippen LogP contribution >= 0.6 is 15.9 Å². The molecule has 0 aromatic heterocycles. The fourth-order valence-corrected chi connectivity index (χ4v) is 3.64. The van der Waals surface area contributed by atoms with Crippen molar-refractivity contribution in [3.05, 3.63) is 34.9 Å². The van der Waals surface area contributed by atoms with Crippen molar-refractivity contribution in [1.82, 2.24) is 4.90 Å². The van der Waals surface area contributed by atoms with Crippen LogP contribution < -0.4 is 0 Å². The van der Waals surface area contributed by atoms with Crippen LogP contribution in [0.25, 0.3) is 0 Å². The van der Waals surface area contributed by atoms with Crippen LogP contribution in [0.2, 0.25) is 0 Å². The number of hydrogen-bond donors (Lipinski definition) is 0. The predicted molar refractivity (Wildman–Crippen MR) is 82.4 cm³/mol. The summed E-state index contributed by atoms with van der Waals surface area (Å²) >= 11 is 3.59. The highest BCUT2D eigenvalue weighted by molar-refractivity contribution is 9.09. The van der Waals surface area contributed by atoms with Crippen LogP contribution in [0, 0.1) is 13.8 Å². The molecule has 0 spiro atoms.